The highest BCUT2D eigenvalue weighted by atomic mass is 16.4. The number of para-hydroxylation sites is 1. The molecule has 94 valence electrons. The first kappa shape index (κ1) is 12.4. The second-order valence-electron chi connectivity index (χ2n) is 4.27. The fourth-order valence-electron chi connectivity index (χ4n) is 2.11. The Bertz CT molecular complexity index is 586. The molecule has 4 heteroatoms. The first-order chi connectivity index (χ1) is 8.63. The summed E-state index contributed by atoms with van der Waals surface area (Å²) in [5.41, 5.74) is 8.59. The molecule has 0 bridgehead atoms. The number of H-pyrrole nitrogens is 1. The summed E-state index contributed by atoms with van der Waals surface area (Å²) in [6, 6.07) is 6.94. The quantitative estimate of drug-likeness (QED) is 0.702. The van der Waals surface area contributed by atoms with Gasteiger partial charge in [0.25, 0.3) is 0 Å². The number of carboxylic acids is 1. The Balaban J connectivity index is 2.47. The molecule has 4 nitrogen and oxygen atoms in total. The van der Waals surface area contributed by atoms with Crippen LogP contribution in [-0.4, -0.2) is 22.1 Å². The van der Waals surface area contributed by atoms with Crippen LogP contribution in [0.3, 0.4) is 0 Å². The lowest BCUT2D eigenvalue weighted by molar-refractivity contribution is -0.138. The minimum atomic E-state index is -0.982. The van der Waals surface area contributed by atoms with Crippen molar-refractivity contribution in [1.82, 2.24) is 4.98 Å². The Morgan fingerprint density at radius 2 is 2.22 bits per heavy atom. The molecule has 1 aromatic carbocycles. The third-order valence-electron chi connectivity index (χ3n) is 2.99. The van der Waals surface area contributed by atoms with E-state index >= 15 is 0 Å². The molecule has 0 aliphatic heterocycles. The topological polar surface area (TPSA) is 79.1 Å². The number of hydrogen-bond acceptors (Lipinski definition) is 2. The number of benzene rings is 1. The maximum Gasteiger partial charge on any atom is 0.320 e. The van der Waals surface area contributed by atoms with E-state index in [0.29, 0.717) is 12.8 Å². The molecule has 0 saturated carbocycles. The molecule has 2 rings (SSSR count). The van der Waals surface area contributed by atoms with Crippen molar-refractivity contribution in [2.75, 3.05) is 0 Å². The summed E-state index contributed by atoms with van der Waals surface area (Å²) >= 11 is 0. The smallest absolute Gasteiger partial charge is 0.320 e. The van der Waals surface area contributed by atoms with Gasteiger partial charge in [0, 0.05) is 29.4 Å². The summed E-state index contributed by atoms with van der Waals surface area (Å²) in [5.74, 6) is -0.982. The van der Waals surface area contributed by atoms with Crippen LogP contribution >= 0.6 is 0 Å². The maximum absolute atomic E-state index is 10.9. The molecule has 0 amide bonds. The lowest BCUT2D eigenvalue weighted by atomic mass is 10.0. The lowest BCUT2D eigenvalue weighted by Crippen LogP contribution is -2.32. The van der Waals surface area contributed by atoms with Gasteiger partial charge in [-0.2, -0.15) is 0 Å². The van der Waals surface area contributed by atoms with Crippen LogP contribution in [0.25, 0.3) is 10.9 Å². The number of allylic oxidation sites excluding steroid dienone is 1. The van der Waals surface area contributed by atoms with Gasteiger partial charge in [0.05, 0.1) is 0 Å². The van der Waals surface area contributed by atoms with Crippen LogP contribution in [0.2, 0.25) is 0 Å². The fraction of sp³-hybridized carbons (Fsp3) is 0.214. The number of aliphatic carboxylic acids is 1. The minimum Gasteiger partial charge on any atom is -0.480 e. The molecule has 0 radical (unpaired) electrons. The summed E-state index contributed by atoms with van der Waals surface area (Å²) in [6.07, 6.45) is 2.79. The highest BCUT2D eigenvalue weighted by Crippen LogP contribution is 2.24. The Kier molecular flexibility index (Phi) is 3.48. The first-order valence-electron chi connectivity index (χ1n) is 5.81. The first-order valence-corrected chi connectivity index (χ1v) is 5.81. The number of aromatic amines is 1. The van der Waals surface area contributed by atoms with Gasteiger partial charge in [-0.15, -0.1) is 6.58 Å². The predicted octanol–water partition coefficient (Wildman–Crippen LogP) is 1.85. The molecule has 0 fully saturated rings. The number of aromatic nitrogens is 1. The zero-order valence-corrected chi connectivity index (χ0v) is 10.0. The van der Waals surface area contributed by atoms with Crippen molar-refractivity contribution in [3.8, 4) is 0 Å². The second kappa shape index (κ2) is 5.06. The van der Waals surface area contributed by atoms with E-state index in [-0.39, 0.29) is 0 Å². The van der Waals surface area contributed by atoms with Gasteiger partial charge in [-0.1, -0.05) is 24.3 Å². The Morgan fingerprint density at radius 3 is 2.89 bits per heavy atom. The van der Waals surface area contributed by atoms with Gasteiger partial charge in [-0.25, -0.2) is 0 Å². The van der Waals surface area contributed by atoms with Crippen molar-refractivity contribution >= 4 is 16.9 Å². The van der Waals surface area contributed by atoms with Gasteiger partial charge in [-0.05, 0) is 11.6 Å². The molecular formula is C14H16N2O2. The molecule has 0 spiro atoms. The average molecular weight is 244 g/mol. The van der Waals surface area contributed by atoms with Gasteiger partial charge < -0.3 is 15.8 Å². The van der Waals surface area contributed by atoms with Crippen LogP contribution in [-0.2, 0) is 17.6 Å². The van der Waals surface area contributed by atoms with E-state index in [1.54, 1.807) is 6.08 Å². The van der Waals surface area contributed by atoms with Crippen molar-refractivity contribution < 1.29 is 9.90 Å². The van der Waals surface area contributed by atoms with Gasteiger partial charge in [0.15, 0.2) is 0 Å². The number of rotatable bonds is 5. The minimum absolute atomic E-state index is 0.322. The standard InChI is InChI=1S/C14H16N2O2/c1-2-5-12-10(8-11(15)14(17)18)9-6-3-4-7-13(9)16-12/h2-4,6-7,11,16H,1,5,8,15H2,(H,17,18)/t11-/m0/s1. The third-order valence-corrected chi connectivity index (χ3v) is 2.99. The number of nitrogens with one attached hydrogen (secondary N) is 1. The van der Waals surface area contributed by atoms with Gasteiger partial charge in [0.2, 0.25) is 0 Å². The highest BCUT2D eigenvalue weighted by Gasteiger charge is 2.17. The number of hydrogen-bond donors (Lipinski definition) is 3. The van der Waals surface area contributed by atoms with E-state index in [1.165, 1.54) is 0 Å². The molecule has 2 aromatic rings. The van der Waals surface area contributed by atoms with E-state index < -0.39 is 12.0 Å². The van der Waals surface area contributed by atoms with E-state index in [4.69, 9.17) is 10.8 Å². The van der Waals surface area contributed by atoms with Crippen LogP contribution in [0.15, 0.2) is 36.9 Å². The lowest BCUT2D eigenvalue weighted by Gasteiger charge is -2.07. The fourth-order valence-corrected chi connectivity index (χ4v) is 2.11. The normalized spacial score (nSPS) is 12.5. The van der Waals surface area contributed by atoms with E-state index in [1.807, 2.05) is 24.3 Å². The summed E-state index contributed by atoms with van der Waals surface area (Å²) in [7, 11) is 0. The molecule has 0 aliphatic rings. The van der Waals surface area contributed by atoms with Crippen LogP contribution in [0.1, 0.15) is 11.3 Å². The largest absolute Gasteiger partial charge is 0.480 e. The van der Waals surface area contributed by atoms with E-state index in [9.17, 15) is 4.79 Å². The molecular weight excluding hydrogens is 228 g/mol. The van der Waals surface area contributed by atoms with E-state index in [2.05, 4.69) is 11.6 Å². The maximum atomic E-state index is 10.9. The predicted molar refractivity (Wildman–Crippen MR) is 71.5 cm³/mol. The SMILES string of the molecule is C=CCc1[nH]c2ccccc2c1C[C@H](N)C(=O)O. The molecule has 0 unspecified atom stereocenters. The zero-order valence-electron chi connectivity index (χ0n) is 10.0. The third kappa shape index (κ3) is 2.28. The summed E-state index contributed by atoms with van der Waals surface area (Å²) in [4.78, 5) is 14.2. The van der Waals surface area contributed by atoms with E-state index in [0.717, 1.165) is 22.2 Å². The van der Waals surface area contributed by atoms with Gasteiger partial charge in [0.1, 0.15) is 6.04 Å². The van der Waals surface area contributed by atoms with Crippen LogP contribution in [0.5, 0.6) is 0 Å². The molecule has 1 heterocycles. The van der Waals surface area contributed by atoms with Crippen molar-refractivity contribution in [3.05, 3.63) is 48.2 Å². The number of carboxylic acid groups (broad SMARTS) is 1. The number of carbonyl (C=O) groups is 1. The summed E-state index contributed by atoms with van der Waals surface area (Å²) in [5, 5.41) is 9.95. The van der Waals surface area contributed by atoms with Crippen LogP contribution in [0.4, 0.5) is 0 Å². The Morgan fingerprint density at radius 1 is 1.50 bits per heavy atom. The molecule has 0 saturated heterocycles. The van der Waals surface area contributed by atoms with Gasteiger partial charge >= 0.3 is 5.97 Å². The highest BCUT2D eigenvalue weighted by molar-refractivity contribution is 5.85. The zero-order chi connectivity index (χ0) is 13.1. The monoisotopic (exact) mass is 244 g/mol. The molecule has 1 aromatic heterocycles. The average Bonchev–Trinajstić information content (AvgIpc) is 2.68. The summed E-state index contributed by atoms with van der Waals surface area (Å²) < 4.78 is 0. The van der Waals surface area contributed by atoms with Crippen molar-refractivity contribution in [2.45, 2.75) is 18.9 Å². The number of fused-ring (bicyclic) bond motifs is 1. The van der Waals surface area contributed by atoms with Crippen molar-refractivity contribution in [2.24, 2.45) is 5.73 Å². The van der Waals surface area contributed by atoms with Crippen molar-refractivity contribution in [1.29, 1.82) is 0 Å². The Labute approximate surface area is 105 Å². The Hall–Kier alpha value is -2.07. The summed E-state index contributed by atoms with van der Waals surface area (Å²) in [6.45, 7) is 3.71. The van der Waals surface area contributed by atoms with Gasteiger partial charge in [-0.3, -0.25) is 4.79 Å². The second-order valence-corrected chi connectivity index (χ2v) is 4.27. The van der Waals surface area contributed by atoms with Crippen LogP contribution < -0.4 is 5.73 Å². The van der Waals surface area contributed by atoms with Crippen molar-refractivity contribution in [3.63, 3.8) is 0 Å². The van der Waals surface area contributed by atoms with Crippen LogP contribution in [0, 0.1) is 0 Å². The number of nitrogens with two attached hydrogens (primary N) is 1. The molecule has 18 heavy (non-hydrogen) atoms. The molecule has 4 N–H and O–H groups in total. The molecule has 0 aliphatic carbocycles. The molecule has 1 atom stereocenters.